The van der Waals surface area contributed by atoms with Gasteiger partial charge in [-0.05, 0) is 50.0 Å². The number of ether oxygens (including phenoxy) is 1. The number of rotatable bonds is 26. The lowest BCUT2D eigenvalue weighted by molar-refractivity contribution is -0.142. The van der Waals surface area contributed by atoms with Gasteiger partial charge in [-0.15, -0.1) is 0 Å². The van der Waals surface area contributed by atoms with E-state index in [-0.39, 0.29) is 5.97 Å². The molecule has 0 aliphatic rings. The standard InChI is InChI=1S/C34H66O2/c1-7-8-9-10-11-12-13-14-15-16-17-27-34(35)36-29-28-33(6)26-20-25-32(5)24-19-23-31(4)22-18-21-30(2)3/h28,30-32H,7-27,29H2,1-6H3/b33-28+/t31-,32-/m1/s1. The molecule has 2 heteroatoms. The first kappa shape index (κ1) is 35.2. The van der Waals surface area contributed by atoms with Crippen molar-refractivity contribution < 1.29 is 9.53 Å². The van der Waals surface area contributed by atoms with E-state index in [2.05, 4.69) is 47.6 Å². The topological polar surface area (TPSA) is 26.3 Å². The van der Waals surface area contributed by atoms with Crippen LogP contribution in [0.5, 0.6) is 0 Å². The molecule has 0 aromatic heterocycles. The second-order valence-electron chi connectivity index (χ2n) is 12.4. The second kappa shape index (κ2) is 25.8. The molecule has 0 rings (SSSR count). The van der Waals surface area contributed by atoms with Crippen molar-refractivity contribution >= 4 is 5.97 Å². The molecule has 0 amide bonds. The van der Waals surface area contributed by atoms with Gasteiger partial charge in [0.25, 0.3) is 0 Å². The number of carbonyl (C=O) groups excluding carboxylic acids is 1. The highest BCUT2D eigenvalue weighted by Crippen LogP contribution is 2.22. The van der Waals surface area contributed by atoms with Crippen LogP contribution in [0.4, 0.5) is 0 Å². The summed E-state index contributed by atoms with van der Waals surface area (Å²) in [6.07, 6.45) is 29.1. The smallest absolute Gasteiger partial charge is 0.306 e. The Labute approximate surface area is 227 Å². The molecule has 0 saturated heterocycles. The molecule has 0 aromatic rings. The van der Waals surface area contributed by atoms with E-state index >= 15 is 0 Å². The number of carbonyl (C=O) groups is 1. The fourth-order valence-electron chi connectivity index (χ4n) is 5.09. The minimum atomic E-state index is -0.0259. The molecule has 0 spiro atoms. The summed E-state index contributed by atoms with van der Waals surface area (Å²) in [5.74, 6) is 2.53. The maximum Gasteiger partial charge on any atom is 0.306 e. The van der Waals surface area contributed by atoms with Gasteiger partial charge in [-0.2, -0.15) is 0 Å². The van der Waals surface area contributed by atoms with Gasteiger partial charge in [0.2, 0.25) is 0 Å². The summed E-state index contributed by atoms with van der Waals surface area (Å²) in [6.45, 7) is 14.4. The number of allylic oxidation sites excluding steroid dienone is 1. The van der Waals surface area contributed by atoms with Crippen molar-refractivity contribution in [3.8, 4) is 0 Å². The van der Waals surface area contributed by atoms with E-state index in [0.29, 0.717) is 13.0 Å². The molecule has 0 bridgehead atoms. The zero-order valence-electron chi connectivity index (χ0n) is 25.7. The SMILES string of the molecule is CCCCCCCCCCCCCC(=O)OC/C=C(\C)CCC[C@H](C)CCC[C@H](C)CCCC(C)C. The summed E-state index contributed by atoms with van der Waals surface area (Å²) in [6, 6.07) is 0. The molecule has 36 heavy (non-hydrogen) atoms. The highest BCUT2D eigenvalue weighted by molar-refractivity contribution is 5.69. The Kier molecular flexibility index (Phi) is 25.3. The second-order valence-corrected chi connectivity index (χ2v) is 12.4. The predicted molar refractivity (Wildman–Crippen MR) is 161 cm³/mol. The van der Waals surface area contributed by atoms with Gasteiger partial charge in [-0.1, -0.05) is 149 Å². The van der Waals surface area contributed by atoms with Gasteiger partial charge in [-0.25, -0.2) is 0 Å². The van der Waals surface area contributed by atoms with Crippen molar-refractivity contribution in [3.05, 3.63) is 11.6 Å². The summed E-state index contributed by atoms with van der Waals surface area (Å²) >= 11 is 0. The van der Waals surface area contributed by atoms with Gasteiger partial charge in [0.05, 0.1) is 0 Å². The van der Waals surface area contributed by atoms with E-state index in [0.717, 1.165) is 37.0 Å². The van der Waals surface area contributed by atoms with Crippen LogP contribution in [-0.2, 0) is 9.53 Å². The quantitative estimate of drug-likeness (QED) is 0.0662. The molecule has 0 aliphatic carbocycles. The zero-order chi connectivity index (χ0) is 26.9. The van der Waals surface area contributed by atoms with Crippen LogP contribution >= 0.6 is 0 Å². The van der Waals surface area contributed by atoms with Crippen LogP contribution < -0.4 is 0 Å². The molecule has 0 fully saturated rings. The largest absolute Gasteiger partial charge is 0.461 e. The number of esters is 1. The normalized spacial score (nSPS) is 13.8. The summed E-state index contributed by atoms with van der Waals surface area (Å²) in [4.78, 5) is 12.0. The Bertz CT molecular complexity index is 507. The van der Waals surface area contributed by atoms with Crippen LogP contribution in [0, 0.1) is 17.8 Å². The minimum absolute atomic E-state index is 0.0259. The van der Waals surface area contributed by atoms with Crippen molar-refractivity contribution in [2.75, 3.05) is 6.61 Å². The Morgan fingerprint density at radius 1 is 0.611 bits per heavy atom. The number of unbranched alkanes of at least 4 members (excludes halogenated alkanes) is 10. The third kappa shape index (κ3) is 26.3. The molecular formula is C34H66O2. The molecule has 2 nitrogen and oxygen atoms in total. The zero-order valence-corrected chi connectivity index (χ0v) is 25.7. The first-order valence-electron chi connectivity index (χ1n) is 16.2. The lowest BCUT2D eigenvalue weighted by Gasteiger charge is -2.15. The lowest BCUT2D eigenvalue weighted by Crippen LogP contribution is -2.04. The predicted octanol–water partition coefficient (Wildman–Crippen LogP) is 11.6. The van der Waals surface area contributed by atoms with Gasteiger partial charge < -0.3 is 4.74 Å². The van der Waals surface area contributed by atoms with Crippen LogP contribution in [0.15, 0.2) is 11.6 Å². The van der Waals surface area contributed by atoms with Crippen molar-refractivity contribution in [3.63, 3.8) is 0 Å². The van der Waals surface area contributed by atoms with Crippen LogP contribution in [0.3, 0.4) is 0 Å². The summed E-state index contributed by atoms with van der Waals surface area (Å²) < 4.78 is 5.43. The summed E-state index contributed by atoms with van der Waals surface area (Å²) in [5.41, 5.74) is 1.36. The van der Waals surface area contributed by atoms with Crippen molar-refractivity contribution in [1.29, 1.82) is 0 Å². The molecule has 0 heterocycles. The van der Waals surface area contributed by atoms with Crippen molar-refractivity contribution in [2.45, 2.75) is 176 Å². The van der Waals surface area contributed by atoms with Gasteiger partial charge >= 0.3 is 5.97 Å². The van der Waals surface area contributed by atoms with E-state index in [1.807, 2.05) is 0 Å². The molecular weight excluding hydrogens is 440 g/mol. The Hall–Kier alpha value is -0.790. The van der Waals surface area contributed by atoms with Crippen molar-refractivity contribution in [2.24, 2.45) is 17.8 Å². The monoisotopic (exact) mass is 507 g/mol. The Balaban J connectivity index is 3.59. The molecule has 0 aromatic carbocycles. The Morgan fingerprint density at radius 2 is 1.08 bits per heavy atom. The van der Waals surface area contributed by atoms with Gasteiger partial charge in [0.1, 0.15) is 6.61 Å². The van der Waals surface area contributed by atoms with E-state index in [1.165, 1.54) is 115 Å². The first-order chi connectivity index (χ1) is 17.3. The highest BCUT2D eigenvalue weighted by Gasteiger charge is 2.07. The van der Waals surface area contributed by atoms with E-state index < -0.39 is 0 Å². The molecule has 2 atom stereocenters. The van der Waals surface area contributed by atoms with E-state index in [1.54, 1.807) is 0 Å². The summed E-state index contributed by atoms with van der Waals surface area (Å²) in [7, 11) is 0. The number of hydrogen-bond acceptors (Lipinski definition) is 2. The van der Waals surface area contributed by atoms with Gasteiger partial charge in [0.15, 0.2) is 0 Å². The molecule has 0 unspecified atom stereocenters. The van der Waals surface area contributed by atoms with Crippen molar-refractivity contribution in [1.82, 2.24) is 0 Å². The maximum atomic E-state index is 12.0. The fraction of sp³-hybridized carbons (Fsp3) is 0.912. The molecule has 0 radical (unpaired) electrons. The van der Waals surface area contributed by atoms with Gasteiger partial charge in [-0.3, -0.25) is 4.79 Å². The van der Waals surface area contributed by atoms with Crippen LogP contribution in [0.2, 0.25) is 0 Å². The maximum absolute atomic E-state index is 12.0. The summed E-state index contributed by atoms with van der Waals surface area (Å²) in [5, 5.41) is 0. The molecule has 0 N–H and O–H groups in total. The fourth-order valence-corrected chi connectivity index (χ4v) is 5.09. The average Bonchev–Trinajstić information content (AvgIpc) is 2.82. The first-order valence-corrected chi connectivity index (χ1v) is 16.2. The van der Waals surface area contributed by atoms with E-state index in [4.69, 9.17) is 4.74 Å². The van der Waals surface area contributed by atoms with Crippen LogP contribution in [0.1, 0.15) is 176 Å². The van der Waals surface area contributed by atoms with Crippen LogP contribution in [-0.4, -0.2) is 12.6 Å². The molecule has 214 valence electrons. The average molecular weight is 507 g/mol. The highest BCUT2D eigenvalue weighted by atomic mass is 16.5. The lowest BCUT2D eigenvalue weighted by atomic mass is 9.91. The molecule has 0 saturated carbocycles. The van der Waals surface area contributed by atoms with E-state index in [9.17, 15) is 4.79 Å². The van der Waals surface area contributed by atoms with Crippen LogP contribution in [0.25, 0.3) is 0 Å². The third-order valence-corrected chi connectivity index (χ3v) is 7.80. The Morgan fingerprint density at radius 3 is 1.61 bits per heavy atom. The minimum Gasteiger partial charge on any atom is -0.461 e. The number of hydrogen-bond donors (Lipinski definition) is 0. The van der Waals surface area contributed by atoms with Gasteiger partial charge in [0, 0.05) is 6.42 Å². The third-order valence-electron chi connectivity index (χ3n) is 7.80. The molecule has 0 aliphatic heterocycles.